The zero-order valence-electron chi connectivity index (χ0n) is 14.8. The van der Waals surface area contributed by atoms with Crippen molar-refractivity contribution in [1.82, 2.24) is 9.21 Å². The minimum absolute atomic E-state index is 0.167. The van der Waals surface area contributed by atoms with Gasteiger partial charge in [-0.15, -0.1) is 0 Å². The van der Waals surface area contributed by atoms with E-state index in [9.17, 15) is 13.2 Å². The largest absolute Gasteiger partial charge is 0.336 e. The second-order valence-electron chi connectivity index (χ2n) is 6.45. The Labute approximate surface area is 159 Å². The predicted molar refractivity (Wildman–Crippen MR) is 102 cm³/mol. The maximum absolute atomic E-state index is 13.0. The topological polar surface area (TPSA) is 57.7 Å². The molecule has 0 bridgehead atoms. The number of carbonyl (C=O) groups is 1. The summed E-state index contributed by atoms with van der Waals surface area (Å²) in [6, 6.07) is 12.3. The average molecular weight is 393 g/mol. The van der Waals surface area contributed by atoms with E-state index in [2.05, 4.69) is 0 Å². The van der Waals surface area contributed by atoms with Crippen LogP contribution in [0.15, 0.2) is 47.4 Å². The van der Waals surface area contributed by atoms with E-state index in [4.69, 9.17) is 11.6 Å². The first-order chi connectivity index (χ1) is 12.3. The van der Waals surface area contributed by atoms with Crippen molar-refractivity contribution in [3.8, 4) is 0 Å². The monoisotopic (exact) mass is 392 g/mol. The molecule has 0 N–H and O–H groups in total. The molecule has 1 saturated heterocycles. The molecular weight excluding hydrogens is 372 g/mol. The number of piperazine rings is 1. The summed E-state index contributed by atoms with van der Waals surface area (Å²) in [6.45, 7) is 4.89. The maximum Gasteiger partial charge on any atom is 0.255 e. The molecule has 2 aromatic carbocycles. The Hall–Kier alpha value is -1.89. The van der Waals surface area contributed by atoms with E-state index < -0.39 is 10.0 Å². The van der Waals surface area contributed by atoms with Gasteiger partial charge in [0.05, 0.1) is 15.5 Å². The summed E-state index contributed by atoms with van der Waals surface area (Å²) in [7, 11) is -3.57. The van der Waals surface area contributed by atoms with Crippen LogP contribution < -0.4 is 0 Å². The fourth-order valence-electron chi connectivity index (χ4n) is 3.06. The number of hydrogen-bond acceptors (Lipinski definition) is 3. The Morgan fingerprint density at radius 1 is 1.00 bits per heavy atom. The van der Waals surface area contributed by atoms with Gasteiger partial charge in [0.1, 0.15) is 0 Å². The number of carbonyl (C=O) groups excluding carboxylic acids is 1. The molecule has 0 saturated carbocycles. The zero-order chi connectivity index (χ0) is 18.9. The molecule has 2 aromatic rings. The maximum atomic E-state index is 13.0. The molecule has 1 heterocycles. The van der Waals surface area contributed by atoms with Crippen LogP contribution in [0.5, 0.6) is 0 Å². The Morgan fingerprint density at radius 3 is 2.31 bits per heavy atom. The lowest BCUT2D eigenvalue weighted by Gasteiger charge is -2.34. The summed E-state index contributed by atoms with van der Waals surface area (Å²) in [5.74, 6) is -0.167. The van der Waals surface area contributed by atoms with Crippen LogP contribution in [-0.2, 0) is 10.0 Å². The van der Waals surface area contributed by atoms with Crippen molar-refractivity contribution in [1.29, 1.82) is 0 Å². The van der Waals surface area contributed by atoms with Gasteiger partial charge in [0.15, 0.2) is 0 Å². The molecule has 1 aliphatic heterocycles. The normalized spacial score (nSPS) is 15.9. The molecule has 0 radical (unpaired) electrons. The van der Waals surface area contributed by atoms with Crippen molar-refractivity contribution in [2.45, 2.75) is 18.7 Å². The molecule has 0 aliphatic carbocycles. The van der Waals surface area contributed by atoms with E-state index in [1.807, 2.05) is 19.1 Å². The summed E-state index contributed by atoms with van der Waals surface area (Å²) in [5.41, 5.74) is 2.08. The Morgan fingerprint density at radius 2 is 1.65 bits per heavy atom. The lowest BCUT2D eigenvalue weighted by atomic mass is 10.2. The second kappa shape index (κ2) is 7.39. The molecule has 0 spiro atoms. The number of amides is 1. The van der Waals surface area contributed by atoms with Crippen molar-refractivity contribution in [3.05, 3.63) is 64.2 Å². The van der Waals surface area contributed by atoms with E-state index in [-0.39, 0.29) is 19.0 Å². The third-order valence-electron chi connectivity index (χ3n) is 4.59. The van der Waals surface area contributed by atoms with Gasteiger partial charge >= 0.3 is 0 Å². The van der Waals surface area contributed by atoms with E-state index in [1.165, 1.54) is 4.31 Å². The van der Waals surface area contributed by atoms with Gasteiger partial charge in [0, 0.05) is 26.2 Å². The Kier molecular flexibility index (Phi) is 5.37. The highest BCUT2D eigenvalue weighted by atomic mass is 35.5. The van der Waals surface area contributed by atoms with Crippen LogP contribution in [0.4, 0.5) is 0 Å². The van der Waals surface area contributed by atoms with Gasteiger partial charge in [-0.3, -0.25) is 4.79 Å². The molecule has 3 rings (SSSR count). The second-order valence-corrected chi connectivity index (χ2v) is 8.76. The molecule has 138 valence electrons. The lowest BCUT2D eigenvalue weighted by Crippen LogP contribution is -2.50. The standard InChI is InChI=1S/C19H21ClN2O3S/c1-14-7-8-15(2)18(13-14)26(24,25)22-11-9-21(10-12-22)19(23)16-5-3-4-6-17(16)20/h3-8,13H,9-12H2,1-2H3. The van der Waals surface area contributed by atoms with Gasteiger partial charge in [-0.25, -0.2) is 8.42 Å². The number of sulfonamides is 1. The molecule has 26 heavy (non-hydrogen) atoms. The molecule has 0 aromatic heterocycles. The number of halogens is 1. The summed E-state index contributed by atoms with van der Waals surface area (Å²) in [5, 5.41) is 0.405. The van der Waals surface area contributed by atoms with Gasteiger partial charge in [0.2, 0.25) is 10.0 Å². The van der Waals surface area contributed by atoms with Crippen molar-refractivity contribution >= 4 is 27.5 Å². The van der Waals surface area contributed by atoms with Gasteiger partial charge < -0.3 is 4.90 Å². The van der Waals surface area contributed by atoms with Crippen LogP contribution in [-0.4, -0.2) is 49.7 Å². The third-order valence-corrected chi connectivity index (χ3v) is 6.96. The summed E-state index contributed by atoms with van der Waals surface area (Å²) in [4.78, 5) is 14.6. The van der Waals surface area contributed by atoms with E-state index in [0.29, 0.717) is 28.6 Å². The Balaban J connectivity index is 1.75. The average Bonchev–Trinajstić information content (AvgIpc) is 2.63. The Bertz CT molecular complexity index is 936. The van der Waals surface area contributed by atoms with Gasteiger partial charge in [0.25, 0.3) is 5.91 Å². The highest BCUT2D eigenvalue weighted by Gasteiger charge is 2.31. The van der Waals surface area contributed by atoms with Crippen LogP contribution in [0.2, 0.25) is 5.02 Å². The fraction of sp³-hybridized carbons (Fsp3) is 0.316. The molecule has 1 amide bonds. The van der Waals surface area contributed by atoms with E-state index in [0.717, 1.165) is 11.1 Å². The van der Waals surface area contributed by atoms with E-state index >= 15 is 0 Å². The quantitative estimate of drug-likeness (QED) is 0.806. The number of rotatable bonds is 3. The van der Waals surface area contributed by atoms with Crippen molar-refractivity contribution in [2.75, 3.05) is 26.2 Å². The predicted octanol–water partition coefficient (Wildman–Crippen LogP) is 3.10. The SMILES string of the molecule is Cc1ccc(C)c(S(=O)(=O)N2CCN(C(=O)c3ccccc3Cl)CC2)c1. The molecular formula is C19H21ClN2O3S. The highest BCUT2D eigenvalue weighted by molar-refractivity contribution is 7.89. The van der Waals surface area contributed by atoms with Gasteiger partial charge in [-0.1, -0.05) is 35.9 Å². The van der Waals surface area contributed by atoms with Crippen molar-refractivity contribution in [3.63, 3.8) is 0 Å². The first-order valence-electron chi connectivity index (χ1n) is 8.42. The zero-order valence-corrected chi connectivity index (χ0v) is 16.3. The minimum Gasteiger partial charge on any atom is -0.336 e. The van der Waals surface area contributed by atoms with Crippen molar-refractivity contribution in [2.24, 2.45) is 0 Å². The number of aryl methyl sites for hydroxylation is 2. The lowest BCUT2D eigenvalue weighted by molar-refractivity contribution is 0.0698. The number of hydrogen-bond donors (Lipinski definition) is 0. The molecule has 0 atom stereocenters. The fourth-order valence-corrected chi connectivity index (χ4v) is 5.01. The van der Waals surface area contributed by atoms with Crippen LogP contribution >= 0.6 is 11.6 Å². The smallest absolute Gasteiger partial charge is 0.255 e. The highest BCUT2D eigenvalue weighted by Crippen LogP contribution is 2.23. The minimum atomic E-state index is -3.57. The molecule has 5 nitrogen and oxygen atoms in total. The number of benzene rings is 2. The molecule has 7 heteroatoms. The van der Waals surface area contributed by atoms with Crippen LogP contribution in [0.25, 0.3) is 0 Å². The third kappa shape index (κ3) is 3.63. The molecule has 1 aliphatic rings. The van der Waals surface area contributed by atoms with Gasteiger partial charge in [-0.05, 0) is 43.2 Å². The summed E-state index contributed by atoms with van der Waals surface area (Å²) >= 11 is 6.10. The molecule has 0 unspecified atom stereocenters. The summed E-state index contributed by atoms with van der Waals surface area (Å²) < 4.78 is 27.4. The van der Waals surface area contributed by atoms with Crippen molar-refractivity contribution < 1.29 is 13.2 Å². The number of nitrogens with zero attached hydrogens (tertiary/aromatic N) is 2. The van der Waals surface area contributed by atoms with Gasteiger partial charge in [-0.2, -0.15) is 4.31 Å². The molecule has 1 fully saturated rings. The van der Waals surface area contributed by atoms with Crippen LogP contribution in [0.3, 0.4) is 0 Å². The van der Waals surface area contributed by atoms with Crippen LogP contribution in [0, 0.1) is 13.8 Å². The van der Waals surface area contributed by atoms with E-state index in [1.54, 1.807) is 42.2 Å². The first kappa shape index (κ1) is 18.9. The van der Waals surface area contributed by atoms with Crippen LogP contribution in [0.1, 0.15) is 21.5 Å². The summed E-state index contributed by atoms with van der Waals surface area (Å²) in [6.07, 6.45) is 0. The first-order valence-corrected chi connectivity index (χ1v) is 10.2.